The van der Waals surface area contributed by atoms with Gasteiger partial charge in [-0.05, 0) is 24.1 Å². The summed E-state index contributed by atoms with van der Waals surface area (Å²) in [5, 5.41) is 9.85. The summed E-state index contributed by atoms with van der Waals surface area (Å²) in [5.74, 6) is -1.48. The first-order chi connectivity index (χ1) is 15.4. The van der Waals surface area contributed by atoms with E-state index in [9.17, 15) is 19.5 Å². The molecule has 2 amide bonds. The zero-order chi connectivity index (χ0) is 22.4. The van der Waals surface area contributed by atoms with Crippen LogP contribution in [-0.4, -0.2) is 51.3 Å². The number of β-lactam (4-membered cyclic amide) rings is 1. The molecule has 0 aliphatic carbocycles. The molecule has 1 aromatic heterocycles. The van der Waals surface area contributed by atoms with E-state index >= 15 is 0 Å². The number of likely N-dealkylation sites (tertiary alicyclic amines) is 1. The minimum atomic E-state index is -1.11. The van der Waals surface area contributed by atoms with Gasteiger partial charge in [0.15, 0.2) is 18.9 Å². The van der Waals surface area contributed by atoms with Crippen molar-refractivity contribution in [2.24, 2.45) is 5.92 Å². The van der Waals surface area contributed by atoms with Gasteiger partial charge in [0.1, 0.15) is 11.7 Å². The number of carboxylic acid groups (broad SMARTS) is 1. The Morgan fingerprint density at radius 1 is 1.18 bits per heavy atom. The number of amides is 2. The van der Waals surface area contributed by atoms with Crippen molar-refractivity contribution in [3.05, 3.63) is 83.3 Å². The Hall–Kier alpha value is -2.74. The van der Waals surface area contributed by atoms with E-state index in [4.69, 9.17) is 0 Å². The van der Waals surface area contributed by atoms with Crippen LogP contribution in [0.4, 0.5) is 0 Å². The van der Waals surface area contributed by atoms with E-state index in [0.29, 0.717) is 18.5 Å². The Morgan fingerprint density at radius 3 is 2.64 bits per heavy atom. The first-order valence-electron chi connectivity index (χ1n) is 10.7. The summed E-state index contributed by atoms with van der Waals surface area (Å²) >= 11 is 0. The predicted molar refractivity (Wildman–Crippen MR) is 117 cm³/mol. The Balaban J connectivity index is 0.00000162. The first kappa shape index (κ1) is 23.4. The molecule has 0 bridgehead atoms. The van der Waals surface area contributed by atoms with Crippen molar-refractivity contribution in [1.29, 1.82) is 0 Å². The van der Waals surface area contributed by atoms with Crippen LogP contribution in [-0.2, 0) is 20.9 Å². The number of rotatable bonds is 5. The molecule has 164 valence electrons. The van der Waals surface area contributed by atoms with Gasteiger partial charge in [-0.15, -0.1) is 0 Å². The molecule has 3 aliphatic heterocycles. The summed E-state index contributed by atoms with van der Waals surface area (Å²) in [4.78, 5) is 39.7. The zero-order valence-corrected chi connectivity index (χ0v) is 20.7. The second-order valence-electron chi connectivity index (χ2n) is 8.59. The number of carboxylic acids is 1. The van der Waals surface area contributed by atoms with Crippen molar-refractivity contribution in [2.75, 3.05) is 6.54 Å². The second kappa shape index (κ2) is 9.25. The van der Waals surface area contributed by atoms with Gasteiger partial charge in [-0.25, -0.2) is 9.36 Å². The number of hydrogen-bond acceptors (Lipinski definition) is 3. The minimum Gasteiger partial charge on any atom is -1.00 e. The van der Waals surface area contributed by atoms with Gasteiger partial charge >= 0.3 is 35.5 Å². The first-order valence-corrected chi connectivity index (χ1v) is 10.7. The normalized spacial score (nSPS) is 23.3. The van der Waals surface area contributed by atoms with E-state index in [0.717, 1.165) is 12.1 Å². The maximum atomic E-state index is 12.7. The molecule has 2 saturated heterocycles. The van der Waals surface area contributed by atoms with Gasteiger partial charge in [0, 0.05) is 36.6 Å². The van der Waals surface area contributed by atoms with Crippen LogP contribution in [0.15, 0.2) is 72.2 Å². The quantitative estimate of drug-likeness (QED) is 0.355. The molecule has 3 aliphatic rings. The third-order valence-corrected chi connectivity index (χ3v) is 6.56. The fraction of sp³-hybridized carbons (Fsp3) is 0.280. The minimum absolute atomic E-state index is 0. The summed E-state index contributed by atoms with van der Waals surface area (Å²) in [7, 11) is 0. The maximum Gasteiger partial charge on any atom is 1.00 e. The number of carbonyl (C=O) groups excluding carboxylic acids is 2. The van der Waals surface area contributed by atoms with E-state index in [1.807, 2.05) is 48.8 Å². The molecule has 7 nitrogen and oxygen atoms in total. The van der Waals surface area contributed by atoms with Crippen molar-refractivity contribution in [1.82, 2.24) is 9.80 Å². The summed E-state index contributed by atoms with van der Waals surface area (Å²) in [6.07, 6.45) is 8.22. The van der Waals surface area contributed by atoms with Crippen LogP contribution >= 0.6 is 0 Å². The smallest absolute Gasteiger partial charge is 1.00 e. The average Bonchev–Trinajstić information content (AvgIpc) is 3.15. The summed E-state index contributed by atoms with van der Waals surface area (Å²) in [6.45, 7) is 2.68. The molecule has 33 heavy (non-hydrogen) atoms. The topological polar surface area (TPSA) is 81.8 Å². The number of allylic oxidation sites excluding steroid dienone is 2. The van der Waals surface area contributed by atoms with Gasteiger partial charge in [0.05, 0.1) is 6.04 Å². The molecule has 8 heteroatoms. The monoisotopic (exact) mass is 454 g/mol. The van der Waals surface area contributed by atoms with Gasteiger partial charge in [0.2, 0.25) is 5.91 Å². The van der Waals surface area contributed by atoms with E-state index in [2.05, 4.69) is 16.7 Å². The van der Waals surface area contributed by atoms with E-state index < -0.39 is 12.0 Å². The Labute approximate surface area is 215 Å². The zero-order valence-electron chi connectivity index (χ0n) is 19.7. The number of benzene rings is 1. The fourth-order valence-corrected chi connectivity index (χ4v) is 5.18. The van der Waals surface area contributed by atoms with E-state index in [1.54, 1.807) is 11.0 Å². The van der Waals surface area contributed by atoms with Crippen LogP contribution < -0.4 is 34.1 Å². The maximum absolute atomic E-state index is 12.7. The van der Waals surface area contributed by atoms with Gasteiger partial charge in [0.25, 0.3) is 5.91 Å². The third-order valence-electron chi connectivity index (χ3n) is 6.56. The summed E-state index contributed by atoms with van der Waals surface area (Å²) < 4.78 is 2.07. The van der Waals surface area contributed by atoms with Crippen LogP contribution in [0.3, 0.4) is 0 Å². The Kier molecular flexibility index (Phi) is 6.56. The van der Waals surface area contributed by atoms with Crippen molar-refractivity contribution in [3.63, 3.8) is 0 Å². The standard InChI is InChI=1S/C25H23N3O4.Na.H/c1-16(29)27-15-20-12-19(22(25(31)32)28-21(20)23(27)24(28)30)10-9-18-8-5-11-26(14-18)13-17-6-3-2-4-7-17;;/h2-11,14,20-21,23H,12-13,15H2,1H3;;/q;+1;-1/p+1/b10-9+;;/t20-,21-,23+;;/m1../s1. The molecule has 0 saturated carbocycles. The number of nitrogens with zero attached hydrogens (tertiary/aromatic N) is 3. The van der Waals surface area contributed by atoms with Crippen molar-refractivity contribution >= 4 is 23.9 Å². The SMILES string of the molecule is CC(=O)N1C[C@H]2CC(/C=C/c3ccc[n+](Cc4ccccc4)c3)=C(C(=O)O)N3C(=O)[C@@H]1[C@@H]23.[H-].[Na+]. The Morgan fingerprint density at radius 2 is 1.94 bits per heavy atom. The molecule has 5 rings (SSSR count). The number of hydrogen-bond donors (Lipinski definition) is 1. The Bertz CT molecular complexity index is 1180. The fourth-order valence-electron chi connectivity index (χ4n) is 5.18. The molecule has 0 radical (unpaired) electrons. The third kappa shape index (κ3) is 4.16. The molecule has 2 aromatic rings. The van der Waals surface area contributed by atoms with Gasteiger partial charge in [-0.2, -0.15) is 0 Å². The molecular weight excluding hydrogens is 429 g/mol. The van der Waals surface area contributed by atoms with Crippen molar-refractivity contribution in [2.45, 2.75) is 32.0 Å². The second-order valence-corrected chi connectivity index (χ2v) is 8.59. The molecular formula is C25H25N3NaO4+. The molecule has 0 spiro atoms. The van der Waals surface area contributed by atoms with Crippen LogP contribution in [0.1, 0.15) is 25.9 Å². The van der Waals surface area contributed by atoms with Gasteiger partial charge < -0.3 is 11.4 Å². The van der Waals surface area contributed by atoms with Gasteiger partial charge in [-0.1, -0.05) is 36.4 Å². The van der Waals surface area contributed by atoms with E-state index in [-0.39, 0.29) is 60.5 Å². The number of aliphatic carboxylic acids is 1. The van der Waals surface area contributed by atoms with Crippen LogP contribution in [0, 0.1) is 5.92 Å². The van der Waals surface area contributed by atoms with Crippen molar-refractivity contribution < 1.29 is 55.0 Å². The summed E-state index contributed by atoms with van der Waals surface area (Å²) in [5.41, 5.74) is 2.79. The number of pyridine rings is 1. The van der Waals surface area contributed by atoms with E-state index in [1.165, 1.54) is 17.4 Å². The number of carbonyl (C=O) groups is 3. The van der Waals surface area contributed by atoms with Crippen LogP contribution in [0.2, 0.25) is 0 Å². The molecule has 2 fully saturated rings. The van der Waals surface area contributed by atoms with Crippen LogP contribution in [0.5, 0.6) is 0 Å². The largest absolute Gasteiger partial charge is 1.00 e. The predicted octanol–water partition coefficient (Wildman–Crippen LogP) is -1.05. The molecule has 1 N–H and O–H groups in total. The molecule has 0 unspecified atom stereocenters. The van der Waals surface area contributed by atoms with Crippen molar-refractivity contribution in [3.8, 4) is 0 Å². The molecule has 3 atom stereocenters. The van der Waals surface area contributed by atoms with Crippen LogP contribution in [0.25, 0.3) is 6.08 Å². The number of aromatic nitrogens is 1. The average molecular weight is 454 g/mol. The summed E-state index contributed by atoms with van der Waals surface area (Å²) in [6, 6.07) is 13.3. The molecule has 4 heterocycles. The molecule has 1 aromatic carbocycles. The van der Waals surface area contributed by atoms with Gasteiger partial charge in [-0.3, -0.25) is 14.5 Å².